The number of phenols is 1. The number of carbonyl (C=O) groups excluding carboxylic acids is 1. The second-order valence-corrected chi connectivity index (χ2v) is 7.49. The van der Waals surface area contributed by atoms with E-state index in [1.54, 1.807) is 43.3 Å². The summed E-state index contributed by atoms with van der Waals surface area (Å²) in [6.07, 6.45) is 0.284. The minimum absolute atomic E-state index is 0.0922. The van der Waals surface area contributed by atoms with Crippen LogP contribution in [0, 0.1) is 0 Å². The molecular formula is C18H21O5P. The van der Waals surface area contributed by atoms with E-state index >= 15 is 0 Å². The number of ketones is 1. The maximum absolute atomic E-state index is 12.3. The Morgan fingerprint density at radius 3 is 2.08 bits per heavy atom. The van der Waals surface area contributed by atoms with Gasteiger partial charge in [0.2, 0.25) is 0 Å². The largest absolute Gasteiger partial charge is 0.508 e. The summed E-state index contributed by atoms with van der Waals surface area (Å²) in [7, 11) is -3.70. The molecule has 0 fully saturated rings. The Kier molecular flexibility index (Phi) is 5.94. The lowest BCUT2D eigenvalue weighted by Crippen LogP contribution is -2.06. The fourth-order valence-electron chi connectivity index (χ4n) is 2.16. The van der Waals surface area contributed by atoms with E-state index in [0.29, 0.717) is 23.1 Å². The molecule has 0 saturated heterocycles. The predicted molar refractivity (Wildman–Crippen MR) is 92.3 cm³/mol. The van der Waals surface area contributed by atoms with Gasteiger partial charge in [-0.15, -0.1) is 0 Å². The SMILES string of the molecule is CCC(C)OP(=O)(O)Cc1ccc(C(=O)c2ccc(O)cc2)cc1. The lowest BCUT2D eigenvalue weighted by Gasteiger charge is -2.16. The maximum atomic E-state index is 12.3. The Morgan fingerprint density at radius 1 is 1.08 bits per heavy atom. The van der Waals surface area contributed by atoms with Crippen molar-refractivity contribution in [2.45, 2.75) is 32.5 Å². The number of benzene rings is 2. The first-order chi connectivity index (χ1) is 11.3. The lowest BCUT2D eigenvalue weighted by molar-refractivity contribution is 0.103. The second-order valence-electron chi connectivity index (χ2n) is 5.69. The highest BCUT2D eigenvalue weighted by Crippen LogP contribution is 2.47. The van der Waals surface area contributed by atoms with Crippen LogP contribution in [-0.4, -0.2) is 21.9 Å². The second kappa shape index (κ2) is 7.75. The number of aromatic hydroxyl groups is 1. The van der Waals surface area contributed by atoms with E-state index in [1.807, 2.05) is 6.92 Å². The third-order valence-corrected chi connectivity index (χ3v) is 5.10. The van der Waals surface area contributed by atoms with Crippen molar-refractivity contribution in [2.24, 2.45) is 0 Å². The molecule has 2 rings (SSSR count). The highest BCUT2D eigenvalue weighted by Gasteiger charge is 2.22. The fraction of sp³-hybridized carbons (Fsp3) is 0.278. The van der Waals surface area contributed by atoms with Gasteiger partial charge in [-0.2, -0.15) is 0 Å². The Balaban J connectivity index is 2.09. The molecule has 0 radical (unpaired) electrons. The Hall–Kier alpha value is -1.94. The lowest BCUT2D eigenvalue weighted by atomic mass is 10.0. The van der Waals surface area contributed by atoms with Gasteiger partial charge < -0.3 is 14.5 Å². The van der Waals surface area contributed by atoms with Crippen molar-refractivity contribution in [1.82, 2.24) is 0 Å². The molecule has 0 heterocycles. The van der Waals surface area contributed by atoms with Crippen molar-refractivity contribution in [3.8, 4) is 5.75 Å². The van der Waals surface area contributed by atoms with Crippen LogP contribution in [0.4, 0.5) is 0 Å². The van der Waals surface area contributed by atoms with Gasteiger partial charge in [0.25, 0.3) is 0 Å². The zero-order valence-corrected chi connectivity index (χ0v) is 14.6. The molecule has 6 heteroatoms. The Morgan fingerprint density at radius 2 is 1.58 bits per heavy atom. The van der Waals surface area contributed by atoms with E-state index in [9.17, 15) is 19.4 Å². The van der Waals surface area contributed by atoms with Gasteiger partial charge in [-0.3, -0.25) is 9.36 Å². The highest BCUT2D eigenvalue weighted by atomic mass is 31.2. The molecule has 0 aliphatic carbocycles. The Bertz CT molecular complexity index is 737. The number of rotatable bonds is 7. The summed E-state index contributed by atoms with van der Waals surface area (Å²) in [4.78, 5) is 22.2. The van der Waals surface area contributed by atoms with Crippen molar-refractivity contribution < 1.29 is 23.9 Å². The van der Waals surface area contributed by atoms with E-state index in [2.05, 4.69) is 0 Å². The van der Waals surface area contributed by atoms with Gasteiger partial charge in [0.1, 0.15) is 5.75 Å². The first-order valence-corrected chi connectivity index (χ1v) is 9.50. The highest BCUT2D eigenvalue weighted by molar-refractivity contribution is 7.51. The fourth-order valence-corrected chi connectivity index (χ4v) is 3.62. The zero-order valence-electron chi connectivity index (χ0n) is 13.7. The number of hydrogen-bond donors (Lipinski definition) is 2. The molecule has 0 bridgehead atoms. The molecule has 24 heavy (non-hydrogen) atoms. The molecular weight excluding hydrogens is 327 g/mol. The molecule has 0 spiro atoms. The van der Waals surface area contributed by atoms with Gasteiger partial charge >= 0.3 is 7.60 Å². The standard InChI is InChI=1S/C18H21O5P/c1-3-13(2)23-24(21,22)12-14-4-6-15(7-5-14)18(20)16-8-10-17(19)11-9-16/h4-11,13,19H,3,12H2,1-2H3,(H,21,22). The molecule has 5 nitrogen and oxygen atoms in total. The first-order valence-electron chi connectivity index (χ1n) is 7.73. The van der Waals surface area contributed by atoms with Crippen molar-refractivity contribution >= 4 is 13.4 Å². The van der Waals surface area contributed by atoms with Gasteiger partial charge in [-0.25, -0.2) is 0 Å². The minimum atomic E-state index is -3.70. The van der Waals surface area contributed by atoms with E-state index in [4.69, 9.17) is 4.52 Å². The topological polar surface area (TPSA) is 83.8 Å². The molecule has 2 N–H and O–H groups in total. The van der Waals surface area contributed by atoms with Crippen LogP contribution in [0.3, 0.4) is 0 Å². The molecule has 2 aromatic rings. The summed E-state index contributed by atoms with van der Waals surface area (Å²) in [5, 5.41) is 9.26. The van der Waals surface area contributed by atoms with Crippen molar-refractivity contribution in [3.63, 3.8) is 0 Å². The molecule has 128 valence electrons. The average Bonchev–Trinajstić information content (AvgIpc) is 2.54. The summed E-state index contributed by atoms with van der Waals surface area (Å²) >= 11 is 0. The number of hydrogen-bond acceptors (Lipinski definition) is 4. The summed E-state index contributed by atoms with van der Waals surface area (Å²) in [6.45, 7) is 3.64. The van der Waals surface area contributed by atoms with Crippen LogP contribution in [-0.2, 0) is 15.3 Å². The van der Waals surface area contributed by atoms with Gasteiger partial charge in [-0.1, -0.05) is 31.2 Å². The zero-order chi connectivity index (χ0) is 17.7. The van der Waals surface area contributed by atoms with Crippen LogP contribution in [0.15, 0.2) is 48.5 Å². The summed E-state index contributed by atoms with van der Waals surface area (Å²) in [5.74, 6) is -0.0773. The average molecular weight is 348 g/mol. The van der Waals surface area contributed by atoms with E-state index in [0.717, 1.165) is 0 Å². The monoisotopic (exact) mass is 348 g/mol. The molecule has 0 amide bonds. The van der Waals surface area contributed by atoms with Crippen LogP contribution in [0.1, 0.15) is 41.8 Å². The smallest absolute Gasteiger partial charge is 0.332 e. The van der Waals surface area contributed by atoms with Crippen molar-refractivity contribution in [2.75, 3.05) is 0 Å². The van der Waals surface area contributed by atoms with E-state index < -0.39 is 7.60 Å². The summed E-state index contributed by atoms with van der Waals surface area (Å²) in [6, 6.07) is 12.5. The summed E-state index contributed by atoms with van der Waals surface area (Å²) in [5.41, 5.74) is 1.57. The maximum Gasteiger partial charge on any atom is 0.332 e. The molecule has 2 atom stereocenters. The van der Waals surface area contributed by atoms with Crippen LogP contribution in [0.5, 0.6) is 5.75 Å². The number of carbonyl (C=O) groups is 1. The Labute approximate surface area is 141 Å². The first kappa shape index (κ1) is 18.4. The van der Waals surface area contributed by atoms with Crippen molar-refractivity contribution in [1.29, 1.82) is 0 Å². The van der Waals surface area contributed by atoms with Gasteiger partial charge in [0, 0.05) is 11.1 Å². The van der Waals surface area contributed by atoms with Crippen molar-refractivity contribution in [3.05, 3.63) is 65.2 Å². The van der Waals surface area contributed by atoms with Crippen LogP contribution in [0.25, 0.3) is 0 Å². The van der Waals surface area contributed by atoms with Gasteiger partial charge in [0.05, 0.1) is 12.3 Å². The van der Waals surface area contributed by atoms with Gasteiger partial charge in [-0.05, 0) is 43.2 Å². The summed E-state index contributed by atoms with van der Waals surface area (Å²) < 4.78 is 17.2. The molecule has 0 aromatic heterocycles. The van der Waals surface area contributed by atoms with Gasteiger partial charge in [0.15, 0.2) is 5.78 Å². The normalized spacial score (nSPS) is 14.8. The quantitative estimate of drug-likeness (QED) is 0.581. The molecule has 0 saturated carbocycles. The molecule has 2 unspecified atom stereocenters. The third-order valence-electron chi connectivity index (χ3n) is 3.65. The predicted octanol–water partition coefficient (Wildman–Crippen LogP) is 4.12. The third kappa shape index (κ3) is 5.03. The van der Waals surface area contributed by atoms with Crippen LogP contribution in [0.2, 0.25) is 0 Å². The van der Waals surface area contributed by atoms with Crippen LogP contribution >= 0.6 is 7.60 Å². The minimum Gasteiger partial charge on any atom is -0.508 e. The number of phenolic OH excluding ortho intramolecular Hbond substituents is 1. The van der Waals surface area contributed by atoms with E-state index in [-0.39, 0.29) is 23.8 Å². The molecule has 0 aliphatic heterocycles. The molecule has 0 aliphatic rings. The van der Waals surface area contributed by atoms with Crippen LogP contribution < -0.4 is 0 Å². The molecule has 2 aromatic carbocycles. The van der Waals surface area contributed by atoms with E-state index in [1.165, 1.54) is 12.1 Å².